The molecular formula is C23H31N3O2S. The summed E-state index contributed by atoms with van der Waals surface area (Å²) >= 11 is 5.40. The molecule has 0 aliphatic rings. The van der Waals surface area contributed by atoms with Crippen LogP contribution in [0.5, 0.6) is 0 Å². The van der Waals surface area contributed by atoms with Crippen molar-refractivity contribution in [1.82, 2.24) is 4.90 Å². The summed E-state index contributed by atoms with van der Waals surface area (Å²) in [7, 11) is 0. The Morgan fingerprint density at radius 1 is 1.10 bits per heavy atom. The zero-order valence-electron chi connectivity index (χ0n) is 17.6. The van der Waals surface area contributed by atoms with Gasteiger partial charge in [-0.3, -0.25) is 4.79 Å². The molecule has 0 unspecified atom stereocenters. The van der Waals surface area contributed by atoms with E-state index in [1.165, 1.54) is 0 Å². The van der Waals surface area contributed by atoms with Gasteiger partial charge in [0.1, 0.15) is 6.61 Å². The second-order valence-electron chi connectivity index (χ2n) is 8.28. The number of carbonyl (C=O) groups excluding carboxylic acids is 1. The molecule has 29 heavy (non-hydrogen) atoms. The fourth-order valence-corrected chi connectivity index (χ4v) is 3.44. The number of hydrogen-bond acceptors (Lipinski definition) is 4. The van der Waals surface area contributed by atoms with Gasteiger partial charge in [0.15, 0.2) is 5.11 Å². The molecule has 156 valence electrons. The second kappa shape index (κ2) is 9.74. The molecule has 0 fully saturated rings. The molecular weight excluding hydrogens is 382 g/mol. The molecule has 0 aromatic heterocycles. The smallest absolute Gasteiger partial charge is 0.311 e. The van der Waals surface area contributed by atoms with E-state index in [1.54, 1.807) is 0 Å². The van der Waals surface area contributed by atoms with Crippen molar-refractivity contribution >= 4 is 29.0 Å². The summed E-state index contributed by atoms with van der Waals surface area (Å²) < 4.78 is 5.66. The molecule has 2 aromatic carbocycles. The Morgan fingerprint density at radius 2 is 1.69 bits per heavy atom. The van der Waals surface area contributed by atoms with E-state index in [9.17, 15) is 4.79 Å². The Labute approximate surface area is 179 Å². The predicted octanol–water partition coefficient (Wildman–Crippen LogP) is 4.08. The quantitative estimate of drug-likeness (QED) is 0.404. The van der Waals surface area contributed by atoms with E-state index in [1.807, 2.05) is 87.2 Å². The average molecular weight is 414 g/mol. The summed E-state index contributed by atoms with van der Waals surface area (Å²) in [6.07, 6.45) is 0.648. The van der Waals surface area contributed by atoms with Gasteiger partial charge in [-0.1, -0.05) is 42.5 Å². The minimum absolute atomic E-state index is 0.102. The fourth-order valence-electron chi connectivity index (χ4n) is 3.13. The highest BCUT2D eigenvalue weighted by Gasteiger charge is 2.30. The molecule has 2 aromatic rings. The monoisotopic (exact) mass is 413 g/mol. The molecule has 0 heterocycles. The number of thiocarbonyl (C=S) groups is 1. The molecule has 0 saturated carbocycles. The number of nitrogens with zero attached hydrogens (tertiary/aromatic N) is 1. The molecule has 0 aliphatic carbocycles. The third-order valence-electron chi connectivity index (χ3n) is 4.82. The third kappa shape index (κ3) is 6.46. The van der Waals surface area contributed by atoms with Crippen molar-refractivity contribution < 1.29 is 9.53 Å². The van der Waals surface area contributed by atoms with Crippen LogP contribution in [0.4, 0.5) is 5.69 Å². The maximum atomic E-state index is 12.4. The van der Waals surface area contributed by atoms with Crippen LogP contribution >= 0.6 is 12.2 Å². The zero-order valence-corrected chi connectivity index (χ0v) is 18.4. The summed E-state index contributed by atoms with van der Waals surface area (Å²) in [6, 6.07) is 17.4. The lowest BCUT2D eigenvalue weighted by atomic mass is 9.97. The molecule has 0 radical (unpaired) electrons. The zero-order chi connectivity index (χ0) is 21.6. The van der Waals surface area contributed by atoms with Crippen LogP contribution in [-0.2, 0) is 16.0 Å². The second-order valence-corrected chi connectivity index (χ2v) is 8.70. The average Bonchev–Trinajstić information content (AvgIpc) is 2.66. The van der Waals surface area contributed by atoms with Crippen LogP contribution < -0.4 is 11.5 Å². The lowest BCUT2D eigenvalue weighted by Crippen LogP contribution is -2.48. The number of esters is 1. The Hall–Kier alpha value is -2.60. The van der Waals surface area contributed by atoms with Crippen LogP contribution in [0.3, 0.4) is 0 Å². The fraction of sp³-hybridized carbons (Fsp3) is 0.391. The van der Waals surface area contributed by atoms with Crippen molar-refractivity contribution in [1.29, 1.82) is 0 Å². The first-order chi connectivity index (χ1) is 13.6. The third-order valence-corrected chi connectivity index (χ3v) is 5.03. The number of rotatable bonds is 7. The molecule has 0 spiro atoms. The summed E-state index contributed by atoms with van der Waals surface area (Å²) in [5, 5.41) is 0.266. The van der Waals surface area contributed by atoms with E-state index in [-0.39, 0.29) is 29.8 Å². The van der Waals surface area contributed by atoms with Crippen molar-refractivity contribution in [2.24, 2.45) is 11.1 Å². The highest BCUT2D eigenvalue weighted by Crippen LogP contribution is 2.26. The van der Waals surface area contributed by atoms with E-state index in [0.29, 0.717) is 12.1 Å². The topological polar surface area (TPSA) is 81.6 Å². The molecule has 0 amide bonds. The van der Waals surface area contributed by atoms with Gasteiger partial charge < -0.3 is 21.1 Å². The molecule has 0 saturated heterocycles. The van der Waals surface area contributed by atoms with Crippen LogP contribution in [0.25, 0.3) is 0 Å². The molecule has 0 aliphatic heterocycles. The maximum absolute atomic E-state index is 12.4. The molecule has 6 heteroatoms. The highest BCUT2D eigenvalue weighted by molar-refractivity contribution is 7.80. The van der Waals surface area contributed by atoms with E-state index in [4.69, 9.17) is 28.4 Å². The minimum atomic E-state index is -0.575. The Kier molecular flexibility index (Phi) is 7.62. The van der Waals surface area contributed by atoms with E-state index >= 15 is 0 Å². The normalized spacial score (nSPS) is 13.4. The SMILES string of the molecule is C[C@@H](c1ccc(N)cc1)N(C(N)=S)[C@H](COC(=O)C(C)(C)C)Cc1ccccc1. The van der Waals surface area contributed by atoms with Gasteiger partial charge in [0.05, 0.1) is 17.5 Å². The molecule has 2 rings (SSSR count). The van der Waals surface area contributed by atoms with Crippen LogP contribution in [0.15, 0.2) is 54.6 Å². The Balaban J connectivity index is 2.31. The van der Waals surface area contributed by atoms with Crippen LogP contribution in [0.2, 0.25) is 0 Å². The highest BCUT2D eigenvalue weighted by atomic mass is 32.1. The number of anilines is 1. The van der Waals surface area contributed by atoms with E-state index < -0.39 is 5.41 Å². The van der Waals surface area contributed by atoms with Crippen molar-refractivity contribution in [3.05, 3.63) is 65.7 Å². The van der Waals surface area contributed by atoms with E-state index in [0.717, 1.165) is 11.1 Å². The number of hydrogen-bond donors (Lipinski definition) is 2. The van der Waals surface area contributed by atoms with Gasteiger partial charge >= 0.3 is 5.97 Å². The van der Waals surface area contributed by atoms with Gasteiger partial charge in [0.2, 0.25) is 0 Å². The van der Waals surface area contributed by atoms with Crippen molar-refractivity contribution in [2.75, 3.05) is 12.3 Å². The van der Waals surface area contributed by atoms with Crippen molar-refractivity contribution in [3.63, 3.8) is 0 Å². The van der Waals surface area contributed by atoms with Gasteiger partial charge in [-0.15, -0.1) is 0 Å². The van der Waals surface area contributed by atoms with Gasteiger partial charge in [0, 0.05) is 5.69 Å². The lowest BCUT2D eigenvalue weighted by Gasteiger charge is -2.37. The van der Waals surface area contributed by atoms with Crippen LogP contribution in [-0.4, -0.2) is 28.6 Å². The van der Waals surface area contributed by atoms with Gasteiger partial charge in [-0.25, -0.2) is 0 Å². The first kappa shape index (κ1) is 22.7. The van der Waals surface area contributed by atoms with Crippen LogP contribution in [0.1, 0.15) is 44.9 Å². The standard InChI is InChI=1S/C23H31N3O2S/c1-16(18-10-12-19(24)13-11-18)26(22(25)29)20(14-17-8-6-5-7-9-17)15-28-21(27)23(2,3)4/h5-13,16,20H,14-15,24H2,1-4H3,(H2,25,29)/t16-,20-/m0/s1. The van der Waals surface area contributed by atoms with E-state index in [2.05, 4.69) is 0 Å². The number of carbonyl (C=O) groups is 1. The number of benzene rings is 2. The summed E-state index contributed by atoms with van der Waals surface area (Å²) in [5.74, 6) is -0.251. The van der Waals surface area contributed by atoms with Crippen molar-refractivity contribution in [2.45, 2.75) is 46.2 Å². The minimum Gasteiger partial charge on any atom is -0.463 e. The summed E-state index contributed by atoms with van der Waals surface area (Å²) in [4.78, 5) is 14.3. The molecule has 2 atom stereocenters. The lowest BCUT2D eigenvalue weighted by molar-refractivity contribution is -0.154. The van der Waals surface area contributed by atoms with Gasteiger partial charge in [-0.05, 0) is 69.6 Å². The molecule has 5 nitrogen and oxygen atoms in total. The van der Waals surface area contributed by atoms with Gasteiger partial charge in [0.25, 0.3) is 0 Å². The summed E-state index contributed by atoms with van der Waals surface area (Å²) in [6.45, 7) is 7.74. The molecule has 0 bridgehead atoms. The Bertz CT molecular complexity index is 816. The van der Waals surface area contributed by atoms with Crippen molar-refractivity contribution in [3.8, 4) is 0 Å². The Morgan fingerprint density at radius 3 is 2.21 bits per heavy atom. The largest absolute Gasteiger partial charge is 0.463 e. The molecule has 4 N–H and O–H groups in total. The van der Waals surface area contributed by atoms with Gasteiger partial charge in [-0.2, -0.15) is 0 Å². The maximum Gasteiger partial charge on any atom is 0.311 e. The summed E-state index contributed by atoms with van der Waals surface area (Å²) in [5.41, 5.74) is 14.2. The first-order valence-electron chi connectivity index (χ1n) is 9.74. The number of ether oxygens (including phenoxy) is 1. The first-order valence-corrected chi connectivity index (χ1v) is 10.1. The number of nitrogens with two attached hydrogens (primary N) is 2. The number of nitrogen functional groups attached to an aromatic ring is 1. The predicted molar refractivity (Wildman–Crippen MR) is 122 cm³/mol. The van der Waals surface area contributed by atoms with Crippen LogP contribution in [0, 0.1) is 5.41 Å².